The van der Waals surface area contributed by atoms with Crippen LogP contribution in [0.4, 0.5) is 0 Å². The molecule has 0 unspecified atom stereocenters. The number of benzene rings is 1. The van der Waals surface area contributed by atoms with E-state index in [1.165, 1.54) is 23.1 Å². The van der Waals surface area contributed by atoms with Gasteiger partial charge in [0.25, 0.3) is 0 Å². The first kappa shape index (κ1) is 14.8. The van der Waals surface area contributed by atoms with Gasteiger partial charge in [0.05, 0.1) is 16.5 Å². The Kier molecular flexibility index (Phi) is 4.29. The molecule has 20 heavy (non-hydrogen) atoms. The van der Waals surface area contributed by atoms with Crippen LogP contribution in [0.15, 0.2) is 29.2 Å². The number of sulfone groups is 1. The van der Waals surface area contributed by atoms with Crippen LogP contribution in [-0.2, 0) is 19.4 Å². The second-order valence-corrected chi connectivity index (χ2v) is 6.72. The number of carbonyl (C=O) groups excluding carboxylic acids is 2. The Labute approximate surface area is 121 Å². The zero-order valence-electron chi connectivity index (χ0n) is 10.5. The van der Waals surface area contributed by atoms with E-state index in [-0.39, 0.29) is 22.4 Å². The van der Waals surface area contributed by atoms with Crippen molar-refractivity contribution < 1.29 is 18.0 Å². The van der Waals surface area contributed by atoms with Gasteiger partial charge in [-0.05, 0) is 12.1 Å². The van der Waals surface area contributed by atoms with Gasteiger partial charge < -0.3 is 10.2 Å². The average Bonchev–Trinajstić information content (AvgIpc) is 2.38. The summed E-state index contributed by atoms with van der Waals surface area (Å²) in [6.45, 7) is 0.524. The average molecular weight is 317 g/mol. The van der Waals surface area contributed by atoms with Gasteiger partial charge in [-0.25, -0.2) is 8.42 Å². The Balaban J connectivity index is 2.14. The molecule has 1 aromatic rings. The zero-order valence-corrected chi connectivity index (χ0v) is 12.1. The van der Waals surface area contributed by atoms with Crippen molar-refractivity contribution in [3.8, 4) is 0 Å². The third-order valence-corrected chi connectivity index (χ3v) is 4.97. The quantitative estimate of drug-likeness (QED) is 0.855. The molecule has 0 aromatic heterocycles. The van der Waals surface area contributed by atoms with E-state index in [0.29, 0.717) is 13.1 Å². The predicted octanol–water partition coefficient (Wildman–Crippen LogP) is 0.0721. The van der Waals surface area contributed by atoms with Gasteiger partial charge in [0.1, 0.15) is 5.75 Å². The summed E-state index contributed by atoms with van der Waals surface area (Å²) in [5.41, 5.74) is 0. The lowest BCUT2D eigenvalue weighted by molar-refractivity contribution is -0.136. The molecule has 1 heterocycles. The number of hydrogen-bond acceptors (Lipinski definition) is 4. The number of piperazine rings is 1. The summed E-state index contributed by atoms with van der Waals surface area (Å²) in [5.74, 6) is -1.58. The van der Waals surface area contributed by atoms with Crippen molar-refractivity contribution >= 4 is 33.3 Å². The maximum Gasteiger partial charge on any atom is 0.239 e. The van der Waals surface area contributed by atoms with Gasteiger partial charge >= 0.3 is 0 Å². The SMILES string of the molecule is O=C1CN(C(=O)CS(=O)(=O)c2ccccc2Cl)CCN1. The second-order valence-electron chi connectivity index (χ2n) is 4.35. The number of halogens is 1. The van der Waals surface area contributed by atoms with Crippen molar-refractivity contribution in [2.45, 2.75) is 4.90 Å². The smallest absolute Gasteiger partial charge is 0.239 e. The molecule has 1 N–H and O–H groups in total. The van der Waals surface area contributed by atoms with Gasteiger partial charge in [-0.15, -0.1) is 0 Å². The minimum Gasteiger partial charge on any atom is -0.353 e. The zero-order chi connectivity index (χ0) is 14.8. The summed E-state index contributed by atoms with van der Waals surface area (Å²) < 4.78 is 24.3. The van der Waals surface area contributed by atoms with Crippen molar-refractivity contribution in [2.75, 3.05) is 25.4 Å². The third kappa shape index (κ3) is 3.29. The Bertz CT molecular complexity index is 645. The summed E-state index contributed by atoms with van der Waals surface area (Å²) in [6.07, 6.45) is 0. The lowest BCUT2D eigenvalue weighted by Crippen LogP contribution is -2.51. The summed E-state index contributed by atoms with van der Waals surface area (Å²) in [5, 5.41) is 2.65. The van der Waals surface area contributed by atoms with E-state index in [1.807, 2.05) is 0 Å². The Hall–Kier alpha value is -1.60. The van der Waals surface area contributed by atoms with Gasteiger partial charge in [0.2, 0.25) is 11.8 Å². The molecule has 0 spiro atoms. The molecule has 1 saturated heterocycles. The van der Waals surface area contributed by atoms with Gasteiger partial charge in [0, 0.05) is 13.1 Å². The van der Waals surface area contributed by atoms with Gasteiger partial charge in [0.15, 0.2) is 9.84 Å². The normalized spacial score (nSPS) is 15.8. The Morgan fingerprint density at radius 2 is 2.05 bits per heavy atom. The van der Waals surface area contributed by atoms with Crippen LogP contribution in [0.3, 0.4) is 0 Å². The van der Waals surface area contributed by atoms with Crippen LogP contribution in [-0.4, -0.2) is 50.5 Å². The molecule has 0 aliphatic carbocycles. The number of amides is 2. The minimum atomic E-state index is -3.81. The van der Waals surface area contributed by atoms with E-state index in [9.17, 15) is 18.0 Å². The van der Waals surface area contributed by atoms with Crippen LogP contribution >= 0.6 is 11.6 Å². The van der Waals surface area contributed by atoms with Crippen LogP contribution in [0, 0.1) is 0 Å². The topological polar surface area (TPSA) is 83.6 Å². The lowest BCUT2D eigenvalue weighted by Gasteiger charge is -2.26. The highest BCUT2D eigenvalue weighted by atomic mass is 35.5. The molecule has 1 aliphatic heterocycles. The summed E-state index contributed by atoms with van der Waals surface area (Å²) in [6, 6.07) is 5.96. The molecule has 0 radical (unpaired) electrons. The van der Waals surface area contributed by atoms with Gasteiger partial charge in [-0.1, -0.05) is 23.7 Å². The van der Waals surface area contributed by atoms with Crippen molar-refractivity contribution in [2.24, 2.45) is 0 Å². The fraction of sp³-hybridized carbons (Fsp3) is 0.333. The highest BCUT2D eigenvalue weighted by molar-refractivity contribution is 7.92. The highest BCUT2D eigenvalue weighted by Gasteiger charge is 2.27. The van der Waals surface area contributed by atoms with E-state index in [1.54, 1.807) is 6.07 Å². The van der Waals surface area contributed by atoms with Crippen LogP contribution in [0.1, 0.15) is 0 Å². The maximum absolute atomic E-state index is 12.2. The fourth-order valence-electron chi connectivity index (χ4n) is 1.88. The largest absolute Gasteiger partial charge is 0.353 e. The molecule has 0 saturated carbocycles. The number of nitrogens with one attached hydrogen (secondary N) is 1. The molecule has 2 rings (SSSR count). The van der Waals surface area contributed by atoms with Crippen LogP contribution in [0.5, 0.6) is 0 Å². The van der Waals surface area contributed by atoms with E-state index in [4.69, 9.17) is 11.6 Å². The van der Waals surface area contributed by atoms with Crippen molar-refractivity contribution in [1.29, 1.82) is 0 Å². The lowest BCUT2D eigenvalue weighted by atomic mass is 10.3. The van der Waals surface area contributed by atoms with Gasteiger partial charge in [-0.3, -0.25) is 9.59 Å². The molecule has 6 nitrogen and oxygen atoms in total. The minimum absolute atomic E-state index is 0.0727. The van der Waals surface area contributed by atoms with Crippen LogP contribution in [0.2, 0.25) is 5.02 Å². The summed E-state index contributed by atoms with van der Waals surface area (Å²) >= 11 is 5.83. The van der Waals surface area contributed by atoms with Crippen molar-refractivity contribution in [1.82, 2.24) is 10.2 Å². The molecule has 108 valence electrons. The summed E-state index contributed by atoms with van der Waals surface area (Å²) in [7, 11) is -3.81. The predicted molar refractivity (Wildman–Crippen MR) is 73.1 cm³/mol. The third-order valence-electron chi connectivity index (χ3n) is 2.88. The van der Waals surface area contributed by atoms with Crippen LogP contribution < -0.4 is 5.32 Å². The molecule has 2 amide bonds. The highest BCUT2D eigenvalue weighted by Crippen LogP contribution is 2.22. The molecule has 1 aromatic carbocycles. The number of carbonyl (C=O) groups is 2. The number of hydrogen-bond donors (Lipinski definition) is 1. The maximum atomic E-state index is 12.2. The monoisotopic (exact) mass is 316 g/mol. The second kappa shape index (κ2) is 5.80. The first-order chi connectivity index (χ1) is 9.40. The molecule has 1 aliphatic rings. The number of rotatable bonds is 3. The Morgan fingerprint density at radius 1 is 1.35 bits per heavy atom. The van der Waals surface area contributed by atoms with Gasteiger partial charge in [-0.2, -0.15) is 0 Å². The summed E-state index contributed by atoms with van der Waals surface area (Å²) in [4.78, 5) is 24.3. The van der Waals surface area contributed by atoms with Crippen molar-refractivity contribution in [3.05, 3.63) is 29.3 Å². The van der Waals surface area contributed by atoms with Crippen LogP contribution in [0.25, 0.3) is 0 Å². The molecular weight excluding hydrogens is 304 g/mol. The van der Waals surface area contributed by atoms with E-state index in [2.05, 4.69) is 5.32 Å². The molecular formula is C12H13ClN2O4S. The van der Waals surface area contributed by atoms with E-state index in [0.717, 1.165) is 0 Å². The number of nitrogens with zero attached hydrogens (tertiary/aromatic N) is 1. The molecule has 0 atom stereocenters. The Morgan fingerprint density at radius 3 is 2.70 bits per heavy atom. The molecule has 0 bridgehead atoms. The molecule has 1 fully saturated rings. The first-order valence-electron chi connectivity index (χ1n) is 5.92. The van der Waals surface area contributed by atoms with Crippen molar-refractivity contribution in [3.63, 3.8) is 0 Å². The standard InChI is InChI=1S/C12H13ClN2O4S/c13-9-3-1-2-4-10(9)20(18,19)8-12(17)15-6-5-14-11(16)7-15/h1-4H,5-8H2,(H,14,16). The van der Waals surface area contributed by atoms with E-state index < -0.39 is 21.5 Å². The first-order valence-corrected chi connectivity index (χ1v) is 7.95. The fourth-order valence-corrected chi connectivity index (χ4v) is 3.68. The van der Waals surface area contributed by atoms with E-state index >= 15 is 0 Å². The molecule has 8 heteroatoms.